The molecular weight excluding hydrogens is 488 g/mol. The van der Waals surface area contributed by atoms with Crippen LogP contribution in [0, 0.1) is 5.92 Å². The van der Waals surface area contributed by atoms with Crippen molar-refractivity contribution in [2.24, 2.45) is 11.7 Å². The standard InChI is InChI=1S/C28H25ClN6O2/c29-22-12-17-8-11-24(37-19-4-2-1-3-5-19)34-23(17)13-20(22)21-14-35(28-25(21)26(30)32-15-33-28)18-9-6-16(7-10-18)27(31)36/h1-5,8,11-16,18H,6-7,9-10H2,(H2,31,36)(H2,30,32,33). The number of aromatic nitrogens is 4. The van der Waals surface area contributed by atoms with Crippen LogP contribution in [0.25, 0.3) is 33.1 Å². The van der Waals surface area contributed by atoms with E-state index in [1.165, 1.54) is 6.33 Å². The van der Waals surface area contributed by atoms with Gasteiger partial charge in [-0.3, -0.25) is 4.79 Å². The number of nitrogens with two attached hydrogens (primary N) is 2. The van der Waals surface area contributed by atoms with Gasteiger partial charge in [0, 0.05) is 45.8 Å². The summed E-state index contributed by atoms with van der Waals surface area (Å²) in [5.74, 6) is 1.28. The molecule has 186 valence electrons. The van der Waals surface area contributed by atoms with E-state index < -0.39 is 0 Å². The van der Waals surface area contributed by atoms with E-state index in [1.807, 2.05) is 60.8 Å². The van der Waals surface area contributed by atoms with Crippen LogP contribution in [0.5, 0.6) is 11.6 Å². The van der Waals surface area contributed by atoms with Crippen LogP contribution >= 0.6 is 11.6 Å². The monoisotopic (exact) mass is 512 g/mol. The van der Waals surface area contributed by atoms with E-state index in [-0.39, 0.29) is 17.9 Å². The van der Waals surface area contributed by atoms with Crippen molar-refractivity contribution in [3.8, 4) is 22.8 Å². The van der Waals surface area contributed by atoms with Gasteiger partial charge in [0.25, 0.3) is 0 Å². The van der Waals surface area contributed by atoms with Crippen molar-refractivity contribution in [2.75, 3.05) is 5.73 Å². The highest BCUT2D eigenvalue weighted by Crippen LogP contribution is 2.42. The fourth-order valence-electron chi connectivity index (χ4n) is 5.23. The van der Waals surface area contributed by atoms with Crippen LogP contribution in [0.3, 0.4) is 0 Å². The number of carbonyl (C=O) groups is 1. The summed E-state index contributed by atoms with van der Waals surface area (Å²) in [7, 11) is 0. The predicted molar refractivity (Wildman–Crippen MR) is 144 cm³/mol. The second-order valence-electron chi connectivity index (χ2n) is 9.40. The molecule has 1 amide bonds. The number of amides is 1. The number of rotatable bonds is 5. The molecule has 1 aliphatic rings. The van der Waals surface area contributed by atoms with Gasteiger partial charge in [0.15, 0.2) is 0 Å². The van der Waals surface area contributed by atoms with Crippen LogP contribution in [0.1, 0.15) is 31.7 Å². The predicted octanol–water partition coefficient (Wildman–Crippen LogP) is 5.89. The molecule has 8 nitrogen and oxygen atoms in total. The molecular formula is C28H25ClN6O2. The molecule has 3 heterocycles. The average molecular weight is 513 g/mol. The number of benzene rings is 2. The van der Waals surface area contributed by atoms with Crippen LogP contribution in [-0.4, -0.2) is 25.4 Å². The van der Waals surface area contributed by atoms with Gasteiger partial charge in [-0.15, -0.1) is 0 Å². The number of hydrogen-bond donors (Lipinski definition) is 2. The van der Waals surface area contributed by atoms with Crippen molar-refractivity contribution in [1.82, 2.24) is 19.5 Å². The third kappa shape index (κ3) is 4.34. The zero-order valence-electron chi connectivity index (χ0n) is 20.0. The molecule has 2 aromatic carbocycles. The lowest BCUT2D eigenvalue weighted by atomic mass is 9.85. The number of anilines is 1. The number of nitrogens with zero attached hydrogens (tertiary/aromatic N) is 4. The Labute approximate surface area is 218 Å². The number of carbonyl (C=O) groups excluding carboxylic acids is 1. The van der Waals surface area contributed by atoms with Crippen LogP contribution in [0.4, 0.5) is 5.82 Å². The topological polar surface area (TPSA) is 122 Å². The number of fused-ring (bicyclic) bond motifs is 2. The van der Waals surface area contributed by atoms with Gasteiger partial charge in [0.2, 0.25) is 11.8 Å². The molecule has 0 spiro atoms. The number of ether oxygens (including phenoxy) is 1. The minimum absolute atomic E-state index is 0.0782. The molecule has 0 radical (unpaired) electrons. The summed E-state index contributed by atoms with van der Waals surface area (Å²) in [6.45, 7) is 0. The van der Waals surface area contributed by atoms with E-state index in [0.717, 1.165) is 58.7 Å². The van der Waals surface area contributed by atoms with Gasteiger partial charge < -0.3 is 20.8 Å². The van der Waals surface area contributed by atoms with Crippen molar-refractivity contribution >= 4 is 45.3 Å². The summed E-state index contributed by atoms with van der Waals surface area (Å²) < 4.78 is 8.08. The maximum Gasteiger partial charge on any atom is 0.220 e. The quantitative estimate of drug-likeness (QED) is 0.302. The Kier molecular flexibility index (Phi) is 5.88. The minimum atomic E-state index is -0.228. The molecule has 9 heteroatoms. The lowest BCUT2D eigenvalue weighted by Gasteiger charge is -2.28. The summed E-state index contributed by atoms with van der Waals surface area (Å²) in [5, 5.41) is 2.22. The van der Waals surface area contributed by atoms with Crippen molar-refractivity contribution < 1.29 is 9.53 Å². The largest absolute Gasteiger partial charge is 0.439 e. The molecule has 0 atom stereocenters. The molecule has 1 saturated carbocycles. The van der Waals surface area contributed by atoms with Crippen LogP contribution in [0.15, 0.2) is 67.1 Å². The van der Waals surface area contributed by atoms with E-state index in [0.29, 0.717) is 22.5 Å². The molecule has 0 aliphatic heterocycles. The van der Waals surface area contributed by atoms with Crippen molar-refractivity contribution in [3.63, 3.8) is 0 Å². The third-order valence-corrected chi connectivity index (χ3v) is 7.45. The number of nitrogen functional groups attached to an aromatic ring is 1. The molecule has 3 aromatic heterocycles. The number of pyridine rings is 1. The van der Waals surface area contributed by atoms with Crippen LogP contribution in [0.2, 0.25) is 5.02 Å². The Morgan fingerprint density at radius 1 is 1.00 bits per heavy atom. The second-order valence-corrected chi connectivity index (χ2v) is 9.81. The Hall–Kier alpha value is -4.17. The normalized spacial score (nSPS) is 17.8. The highest BCUT2D eigenvalue weighted by Gasteiger charge is 2.28. The first-order chi connectivity index (χ1) is 18.0. The lowest BCUT2D eigenvalue weighted by Crippen LogP contribution is -2.28. The molecule has 1 aliphatic carbocycles. The number of para-hydroxylation sites is 1. The van der Waals surface area contributed by atoms with E-state index in [4.69, 9.17) is 32.8 Å². The first-order valence-electron chi connectivity index (χ1n) is 12.2. The second kappa shape index (κ2) is 9.37. The summed E-state index contributed by atoms with van der Waals surface area (Å²) >= 11 is 6.81. The average Bonchev–Trinajstić information content (AvgIpc) is 3.30. The Morgan fingerprint density at radius 2 is 1.78 bits per heavy atom. The van der Waals surface area contributed by atoms with Crippen LogP contribution < -0.4 is 16.2 Å². The fraction of sp³-hybridized carbons (Fsp3) is 0.214. The summed E-state index contributed by atoms with van der Waals surface area (Å²) in [4.78, 5) is 25.2. The van der Waals surface area contributed by atoms with Gasteiger partial charge in [-0.2, -0.15) is 0 Å². The van der Waals surface area contributed by atoms with Gasteiger partial charge >= 0.3 is 0 Å². The fourth-order valence-corrected chi connectivity index (χ4v) is 5.50. The van der Waals surface area contributed by atoms with E-state index in [2.05, 4.69) is 14.5 Å². The van der Waals surface area contributed by atoms with Gasteiger partial charge in [-0.25, -0.2) is 15.0 Å². The molecule has 0 bridgehead atoms. The van der Waals surface area contributed by atoms with Gasteiger partial charge in [0.05, 0.1) is 10.9 Å². The van der Waals surface area contributed by atoms with Crippen molar-refractivity contribution in [3.05, 3.63) is 72.1 Å². The highest BCUT2D eigenvalue weighted by molar-refractivity contribution is 6.34. The lowest BCUT2D eigenvalue weighted by molar-refractivity contribution is -0.122. The van der Waals surface area contributed by atoms with Crippen molar-refractivity contribution in [2.45, 2.75) is 31.7 Å². The van der Waals surface area contributed by atoms with Gasteiger partial charge in [-0.05, 0) is 56.0 Å². The Balaban J connectivity index is 1.43. The molecule has 4 N–H and O–H groups in total. The maximum absolute atomic E-state index is 11.7. The Morgan fingerprint density at radius 3 is 2.54 bits per heavy atom. The van der Waals surface area contributed by atoms with Gasteiger partial charge in [0.1, 0.15) is 23.5 Å². The summed E-state index contributed by atoms with van der Waals surface area (Å²) in [6.07, 6.45) is 6.68. The van der Waals surface area contributed by atoms with E-state index >= 15 is 0 Å². The first-order valence-corrected chi connectivity index (χ1v) is 12.6. The first kappa shape index (κ1) is 23.2. The molecule has 0 unspecified atom stereocenters. The SMILES string of the molecule is NC(=O)C1CCC(n2cc(-c3cc4nc(Oc5ccccc5)ccc4cc3Cl)c3c(N)ncnc32)CC1. The molecule has 37 heavy (non-hydrogen) atoms. The summed E-state index contributed by atoms with van der Waals surface area (Å²) in [6, 6.07) is 17.3. The number of halogens is 1. The summed E-state index contributed by atoms with van der Waals surface area (Å²) in [5.41, 5.74) is 15.0. The maximum atomic E-state index is 11.7. The van der Waals surface area contributed by atoms with E-state index in [1.54, 1.807) is 0 Å². The number of primary amides is 1. The Bertz CT molecular complexity index is 1630. The van der Waals surface area contributed by atoms with E-state index in [9.17, 15) is 4.79 Å². The minimum Gasteiger partial charge on any atom is -0.439 e. The molecule has 5 aromatic rings. The van der Waals surface area contributed by atoms with Gasteiger partial charge in [-0.1, -0.05) is 29.8 Å². The van der Waals surface area contributed by atoms with Crippen molar-refractivity contribution in [1.29, 1.82) is 0 Å². The van der Waals surface area contributed by atoms with Crippen LogP contribution in [-0.2, 0) is 4.79 Å². The molecule has 6 rings (SSSR count). The molecule has 0 saturated heterocycles. The third-order valence-electron chi connectivity index (χ3n) is 7.14. The highest BCUT2D eigenvalue weighted by atomic mass is 35.5. The number of hydrogen-bond acceptors (Lipinski definition) is 6. The molecule has 1 fully saturated rings. The zero-order chi connectivity index (χ0) is 25.5. The zero-order valence-corrected chi connectivity index (χ0v) is 20.7. The smallest absolute Gasteiger partial charge is 0.220 e.